The van der Waals surface area contributed by atoms with Crippen LogP contribution >= 0.6 is 11.3 Å². The smallest absolute Gasteiger partial charge is 0.0346 e. The van der Waals surface area contributed by atoms with Gasteiger partial charge >= 0.3 is 0 Å². The first kappa shape index (κ1) is 13.5. The minimum Gasteiger partial charge on any atom is -0.319 e. The van der Waals surface area contributed by atoms with E-state index in [9.17, 15) is 0 Å². The van der Waals surface area contributed by atoms with Crippen molar-refractivity contribution in [3.05, 3.63) is 35.2 Å². The maximum absolute atomic E-state index is 3.58. The Morgan fingerprint density at radius 3 is 2.83 bits per heavy atom. The van der Waals surface area contributed by atoms with Gasteiger partial charge in [-0.3, -0.25) is 0 Å². The van der Waals surface area contributed by atoms with E-state index in [0.29, 0.717) is 0 Å². The summed E-state index contributed by atoms with van der Waals surface area (Å²) in [4.78, 5) is 0. The topological polar surface area (TPSA) is 24.1 Å². The zero-order valence-electron chi connectivity index (χ0n) is 11.2. The molecule has 2 N–H and O–H groups in total. The van der Waals surface area contributed by atoms with E-state index in [-0.39, 0.29) is 0 Å². The fraction of sp³-hybridized carbons (Fsp3) is 0.467. The number of rotatable bonds is 7. The molecule has 0 saturated heterocycles. The first-order chi connectivity index (χ1) is 8.85. The lowest BCUT2D eigenvalue weighted by atomic mass is 10.1. The SMILES string of the molecule is CCC(CNC)CNCc1csc2ccccc12. The number of benzene rings is 1. The Labute approximate surface area is 113 Å². The molecule has 0 fully saturated rings. The molecule has 0 radical (unpaired) electrons. The van der Waals surface area contributed by atoms with Gasteiger partial charge in [-0.05, 0) is 48.5 Å². The second-order valence-corrected chi connectivity index (χ2v) is 5.63. The standard InChI is InChI=1S/C15H22N2S/c1-3-12(8-16-2)9-17-10-13-11-18-15-7-5-4-6-14(13)15/h4-7,11-12,16-17H,3,8-10H2,1-2H3. The Balaban J connectivity index is 1.90. The van der Waals surface area contributed by atoms with E-state index in [4.69, 9.17) is 0 Å². The number of nitrogens with one attached hydrogen (secondary N) is 2. The quantitative estimate of drug-likeness (QED) is 0.800. The molecule has 1 aromatic heterocycles. The minimum absolute atomic E-state index is 0.722. The van der Waals surface area contributed by atoms with Crippen molar-refractivity contribution in [2.45, 2.75) is 19.9 Å². The molecule has 2 nitrogen and oxygen atoms in total. The predicted molar refractivity (Wildman–Crippen MR) is 81.2 cm³/mol. The third-order valence-electron chi connectivity index (χ3n) is 3.38. The molecule has 2 rings (SSSR count). The fourth-order valence-corrected chi connectivity index (χ4v) is 3.19. The molecule has 2 aromatic rings. The van der Waals surface area contributed by atoms with Gasteiger partial charge in [0.2, 0.25) is 0 Å². The monoisotopic (exact) mass is 262 g/mol. The van der Waals surface area contributed by atoms with Crippen molar-refractivity contribution >= 4 is 21.4 Å². The van der Waals surface area contributed by atoms with Gasteiger partial charge < -0.3 is 10.6 Å². The van der Waals surface area contributed by atoms with Gasteiger partial charge in [0, 0.05) is 11.2 Å². The molecule has 0 saturated carbocycles. The van der Waals surface area contributed by atoms with Crippen LogP contribution in [0.5, 0.6) is 0 Å². The lowest BCUT2D eigenvalue weighted by molar-refractivity contribution is 0.445. The second-order valence-electron chi connectivity index (χ2n) is 4.72. The molecule has 3 heteroatoms. The highest BCUT2D eigenvalue weighted by Crippen LogP contribution is 2.25. The van der Waals surface area contributed by atoms with Crippen LogP contribution in [0.1, 0.15) is 18.9 Å². The third kappa shape index (κ3) is 3.31. The van der Waals surface area contributed by atoms with Crippen LogP contribution in [0.4, 0.5) is 0 Å². The summed E-state index contributed by atoms with van der Waals surface area (Å²) in [5.41, 5.74) is 1.43. The van der Waals surface area contributed by atoms with E-state index < -0.39 is 0 Å². The summed E-state index contributed by atoms with van der Waals surface area (Å²) >= 11 is 1.84. The molecular weight excluding hydrogens is 240 g/mol. The van der Waals surface area contributed by atoms with Gasteiger partial charge in [0.25, 0.3) is 0 Å². The molecule has 1 heterocycles. The summed E-state index contributed by atoms with van der Waals surface area (Å²) in [5.74, 6) is 0.722. The van der Waals surface area contributed by atoms with Crippen LogP contribution in [0.25, 0.3) is 10.1 Å². The predicted octanol–water partition coefficient (Wildman–Crippen LogP) is 3.24. The van der Waals surface area contributed by atoms with Gasteiger partial charge in [0.15, 0.2) is 0 Å². The molecule has 1 atom stereocenters. The molecule has 0 aliphatic rings. The molecule has 1 unspecified atom stereocenters. The van der Waals surface area contributed by atoms with Crippen molar-refractivity contribution in [3.8, 4) is 0 Å². The molecule has 98 valence electrons. The first-order valence-electron chi connectivity index (χ1n) is 6.65. The summed E-state index contributed by atoms with van der Waals surface area (Å²) in [6, 6.07) is 8.64. The van der Waals surface area contributed by atoms with E-state index in [1.807, 2.05) is 18.4 Å². The Morgan fingerprint density at radius 1 is 1.22 bits per heavy atom. The van der Waals surface area contributed by atoms with Crippen LogP contribution in [-0.2, 0) is 6.54 Å². The molecule has 0 bridgehead atoms. The lowest BCUT2D eigenvalue weighted by Gasteiger charge is -2.14. The molecule has 18 heavy (non-hydrogen) atoms. The fourth-order valence-electron chi connectivity index (χ4n) is 2.23. The van der Waals surface area contributed by atoms with Crippen LogP contribution in [0, 0.1) is 5.92 Å². The van der Waals surface area contributed by atoms with Crippen molar-refractivity contribution < 1.29 is 0 Å². The van der Waals surface area contributed by atoms with Crippen molar-refractivity contribution in [3.63, 3.8) is 0 Å². The van der Waals surface area contributed by atoms with Gasteiger partial charge in [-0.2, -0.15) is 0 Å². The molecule has 0 aliphatic heterocycles. The normalized spacial score (nSPS) is 13.0. The first-order valence-corrected chi connectivity index (χ1v) is 7.53. The highest BCUT2D eigenvalue weighted by molar-refractivity contribution is 7.17. The van der Waals surface area contributed by atoms with Crippen molar-refractivity contribution in [1.82, 2.24) is 10.6 Å². The van der Waals surface area contributed by atoms with Gasteiger partial charge in [-0.1, -0.05) is 31.5 Å². The van der Waals surface area contributed by atoms with Gasteiger partial charge in [0.05, 0.1) is 0 Å². The Bertz CT molecular complexity index is 478. The summed E-state index contributed by atoms with van der Waals surface area (Å²) in [5, 5.41) is 10.5. The Morgan fingerprint density at radius 2 is 2.06 bits per heavy atom. The molecular formula is C15H22N2S. The van der Waals surface area contributed by atoms with Crippen LogP contribution < -0.4 is 10.6 Å². The van der Waals surface area contributed by atoms with Crippen LogP contribution in [0.2, 0.25) is 0 Å². The van der Waals surface area contributed by atoms with Crippen LogP contribution in [0.3, 0.4) is 0 Å². The zero-order valence-corrected chi connectivity index (χ0v) is 12.0. The number of hydrogen-bond acceptors (Lipinski definition) is 3. The van der Waals surface area contributed by atoms with E-state index in [0.717, 1.165) is 25.6 Å². The number of hydrogen-bond donors (Lipinski definition) is 2. The average Bonchev–Trinajstić information content (AvgIpc) is 2.81. The molecule has 0 aliphatic carbocycles. The minimum atomic E-state index is 0.722. The average molecular weight is 262 g/mol. The van der Waals surface area contributed by atoms with Gasteiger partial charge in [0.1, 0.15) is 0 Å². The van der Waals surface area contributed by atoms with Crippen LogP contribution in [0.15, 0.2) is 29.6 Å². The van der Waals surface area contributed by atoms with E-state index in [2.05, 4.69) is 47.2 Å². The maximum Gasteiger partial charge on any atom is 0.0346 e. The Kier molecular flexibility index (Phi) is 5.17. The van der Waals surface area contributed by atoms with E-state index in [1.54, 1.807) is 0 Å². The van der Waals surface area contributed by atoms with Gasteiger partial charge in [-0.25, -0.2) is 0 Å². The van der Waals surface area contributed by atoms with Crippen molar-refractivity contribution in [1.29, 1.82) is 0 Å². The number of fused-ring (bicyclic) bond motifs is 1. The van der Waals surface area contributed by atoms with Crippen molar-refractivity contribution in [2.24, 2.45) is 5.92 Å². The van der Waals surface area contributed by atoms with E-state index >= 15 is 0 Å². The van der Waals surface area contributed by atoms with Crippen LogP contribution in [-0.4, -0.2) is 20.1 Å². The highest BCUT2D eigenvalue weighted by atomic mass is 32.1. The number of thiophene rings is 1. The summed E-state index contributed by atoms with van der Waals surface area (Å²) in [6.45, 7) is 5.41. The second kappa shape index (κ2) is 6.88. The highest BCUT2D eigenvalue weighted by Gasteiger charge is 2.06. The third-order valence-corrected chi connectivity index (χ3v) is 4.39. The molecule has 0 spiro atoms. The lowest BCUT2D eigenvalue weighted by Crippen LogP contribution is -2.29. The summed E-state index contributed by atoms with van der Waals surface area (Å²) in [6.07, 6.45) is 1.22. The Hall–Kier alpha value is -0.900. The summed E-state index contributed by atoms with van der Waals surface area (Å²) in [7, 11) is 2.02. The molecule has 0 amide bonds. The van der Waals surface area contributed by atoms with Crippen molar-refractivity contribution in [2.75, 3.05) is 20.1 Å². The maximum atomic E-state index is 3.58. The van der Waals surface area contributed by atoms with E-state index in [1.165, 1.54) is 22.1 Å². The summed E-state index contributed by atoms with van der Waals surface area (Å²) < 4.78 is 1.39. The largest absolute Gasteiger partial charge is 0.319 e. The zero-order chi connectivity index (χ0) is 12.8. The molecule has 1 aromatic carbocycles. The van der Waals surface area contributed by atoms with Gasteiger partial charge in [-0.15, -0.1) is 11.3 Å².